The minimum absolute atomic E-state index is 0.0530. The standard InChI is InChI=1S/C32H33NO5/c1-20(2)14-15-37-26-11-7-10-23(18-26)29-28(30(34)24-12-13-27-25(17-24)16-21(3)38-27)31(35)32(36)33(29)19-22-8-5-4-6-9-22/h4-13,17-18,20-21,29,34H,14-16,19H2,1-3H3/t21-,29+/m0/s1. The van der Waals surface area contributed by atoms with Gasteiger partial charge in [0, 0.05) is 18.5 Å². The third-order valence-corrected chi connectivity index (χ3v) is 7.04. The molecule has 2 aliphatic heterocycles. The van der Waals surface area contributed by atoms with E-state index in [1.165, 1.54) is 4.90 Å². The molecule has 2 atom stereocenters. The van der Waals surface area contributed by atoms with Gasteiger partial charge in [-0.25, -0.2) is 0 Å². The zero-order valence-corrected chi connectivity index (χ0v) is 22.0. The van der Waals surface area contributed by atoms with Crippen LogP contribution in [0, 0.1) is 5.92 Å². The van der Waals surface area contributed by atoms with Crippen LogP contribution in [0.25, 0.3) is 5.76 Å². The zero-order valence-electron chi connectivity index (χ0n) is 22.0. The van der Waals surface area contributed by atoms with Gasteiger partial charge in [0.25, 0.3) is 11.7 Å². The summed E-state index contributed by atoms with van der Waals surface area (Å²) in [5.74, 6) is 0.442. The van der Waals surface area contributed by atoms with E-state index in [4.69, 9.17) is 9.47 Å². The molecule has 0 unspecified atom stereocenters. The molecule has 0 aromatic heterocycles. The van der Waals surface area contributed by atoms with Crippen LogP contribution in [0.2, 0.25) is 0 Å². The lowest BCUT2D eigenvalue weighted by molar-refractivity contribution is -0.140. The first-order chi connectivity index (χ1) is 18.3. The molecule has 2 heterocycles. The Balaban J connectivity index is 1.57. The molecule has 0 spiro atoms. The molecule has 5 rings (SSSR count). The van der Waals surface area contributed by atoms with E-state index in [0.717, 1.165) is 29.7 Å². The molecule has 6 heteroatoms. The number of carbonyl (C=O) groups is 2. The van der Waals surface area contributed by atoms with Gasteiger partial charge in [-0.1, -0.05) is 56.3 Å². The number of fused-ring (bicyclic) bond motifs is 1. The predicted molar refractivity (Wildman–Crippen MR) is 146 cm³/mol. The molecular formula is C32H33NO5. The predicted octanol–water partition coefficient (Wildman–Crippen LogP) is 6.06. The van der Waals surface area contributed by atoms with Gasteiger partial charge in [-0.3, -0.25) is 9.59 Å². The van der Waals surface area contributed by atoms with E-state index in [1.807, 2.05) is 73.7 Å². The van der Waals surface area contributed by atoms with Crippen molar-refractivity contribution in [2.45, 2.75) is 52.3 Å². The molecule has 0 bridgehead atoms. The number of hydrogen-bond acceptors (Lipinski definition) is 5. The summed E-state index contributed by atoms with van der Waals surface area (Å²) in [4.78, 5) is 28.4. The van der Waals surface area contributed by atoms with Crippen molar-refractivity contribution < 1.29 is 24.2 Å². The first kappa shape index (κ1) is 25.6. The van der Waals surface area contributed by atoms with E-state index >= 15 is 0 Å². The Kier molecular flexibility index (Phi) is 7.23. The Morgan fingerprint density at radius 2 is 1.84 bits per heavy atom. The third kappa shape index (κ3) is 5.17. The maximum absolute atomic E-state index is 13.5. The summed E-state index contributed by atoms with van der Waals surface area (Å²) in [6.07, 6.45) is 1.69. The number of amides is 1. The first-order valence-corrected chi connectivity index (χ1v) is 13.2. The molecule has 3 aromatic carbocycles. The number of likely N-dealkylation sites (tertiary alicyclic amines) is 1. The second kappa shape index (κ2) is 10.7. The maximum Gasteiger partial charge on any atom is 0.295 e. The van der Waals surface area contributed by atoms with E-state index in [9.17, 15) is 14.7 Å². The largest absolute Gasteiger partial charge is 0.507 e. The second-order valence-electron chi connectivity index (χ2n) is 10.5. The summed E-state index contributed by atoms with van der Waals surface area (Å²) in [6, 6.07) is 21.6. The van der Waals surface area contributed by atoms with Crippen molar-refractivity contribution in [3.05, 3.63) is 101 Å². The van der Waals surface area contributed by atoms with Crippen molar-refractivity contribution in [3.63, 3.8) is 0 Å². The van der Waals surface area contributed by atoms with Gasteiger partial charge in [0.15, 0.2) is 0 Å². The second-order valence-corrected chi connectivity index (χ2v) is 10.5. The van der Waals surface area contributed by atoms with Crippen LogP contribution in [-0.4, -0.2) is 34.4 Å². The highest BCUT2D eigenvalue weighted by molar-refractivity contribution is 6.46. The van der Waals surface area contributed by atoms with Gasteiger partial charge in [0.1, 0.15) is 23.4 Å². The molecular weight excluding hydrogens is 478 g/mol. The van der Waals surface area contributed by atoms with Crippen molar-refractivity contribution >= 4 is 17.4 Å². The molecule has 0 aliphatic carbocycles. The fourth-order valence-corrected chi connectivity index (χ4v) is 5.08. The minimum atomic E-state index is -0.757. The monoisotopic (exact) mass is 511 g/mol. The van der Waals surface area contributed by atoms with Gasteiger partial charge in [-0.2, -0.15) is 0 Å². The van der Waals surface area contributed by atoms with Crippen LogP contribution in [0.5, 0.6) is 11.5 Å². The molecule has 1 amide bonds. The smallest absolute Gasteiger partial charge is 0.295 e. The Morgan fingerprint density at radius 1 is 1.05 bits per heavy atom. The summed E-state index contributed by atoms with van der Waals surface area (Å²) in [7, 11) is 0. The molecule has 0 radical (unpaired) electrons. The van der Waals surface area contributed by atoms with E-state index < -0.39 is 17.7 Å². The Morgan fingerprint density at radius 3 is 2.61 bits per heavy atom. The molecule has 6 nitrogen and oxygen atoms in total. The van der Waals surface area contributed by atoms with Crippen molar-refractivity contribution in [3.8, 4) is 11.5 Å². The average molecular weight is 512 g/mol. The maximum atomic E-state index is 13.5. The number of ether oxygens (including phenoxy) is 2. The summed E-state index contributed by atoms with van der Waals surface area (Å²) in [6.45, 7) is 7.08. The van der Waals surface area contributed by atoms with Crippen molar-refractivity contribution in [1.82, 2.24) is 4.90 Å². The lowest BCUT2D eigenvalue weighted by Crippen LogP contribution is -2.29. The number of aliphatic hydroxyl groups excluding tert-OH is 1. The quantitative estimate of drug-likeness (QED) is 0.226. The number of benzene rings is 3. The highest BCUT2D eigenvalue weighted by Gasteiger charge is 2.46. The van der Waals surface area contributed by atoms with Gasteiger partial charge in [-0.15, -0.1) is 0 Å². The van der Waals surface area contributed by atoms with Gasteiger partial charge >= 0.3 is 0 Å². The van der Waals surface area contributed by atoms with E-state index in [1.54, 1.807) is 6.07 Å². The highest BCUT2D eigenvalue weighted by Crippen LogP contribution is 2.42. The number of nitrogens with zero attached hydrogens (tertiary/aromatic N) is 1. The fraction of sp³-hybridized carbons (Fsp3) is 0.312. The third-order valence-electron chi connectivity index (χ3n) is 7.04. The number of aliphatic hydroxyl groups is 1. The number of ketones is 1. The summed E-state index contributed by atoms with van der Waals surface area (Å²) in [5, 5.41) is 11.5. The van der Waals surface area contributed by atoms with Gasteiger partial charge in [0.2, 0.25) is 0 Å². The van der Waals surface area contributed by atoms with Gasteiger partial charge < -0.3 is 19.5 Å². The van der Waals surface area contributed by atoms with Gasteiger partial charge in [0.05, 0.1) is 18.2 Å². The van der Waals surface area contributed by atoms with Crippen LogP contribution < -0.4 is 9.47 Å². The number of Topliss-reactive ketones (excluding diaryl/α,β-unsaturated/α-hetero) is 1. The first-order valence-electron chi connectivity index (χ1n) is 13.2. The van der Waals surface area contributed by atoms with Crippen LogP contribution in [0.15, 0.2) is 78.4 Å². The number of hydrogen-bond donors (Lipinski definition) is 1. The van der Waals surface area contributed by atoms with E-state index in [0.29, 0.717) is 29.4 Å². The Bertz CT molecular complexity index is 1380. The molecule has 38 heavy (non-hydrogen) atoms. The highest BCUT2D eigenvalue weighted by atomic mass is 16.5. The Labute approximate surface area is 223 Å². The zero-order chi connectivity index (χ0) is 26.8. The summed E-state index contributed by atoms with van der Waals surface area (Å²) < 4.78 is 11.8. The molecule has 196 valence electrons. The molecule has 1 N–H and O–H groups in total. The lowest BCUT2D eigenvalue weighted by atomic mass is 9.94. The Hall–Kier alpha value is -4.06. The van der Waals surface area contributed by atoms with Crippen LogP contribution in [0.1, 0.15) is 55.5 Å². The lowest BCUT2D eigenvalue weighted by Gasteiger charge is -2.26. The normalized spacial score (nSPS) is 20.1. The van der Waals surface area contributed by atoms with E-state index in [2.05, 4.69) is 13.8 Å². The summed E-state index contributed by atoms with van der Waals surface area (Å²) in [5.41, 5.74) is 3.15. The minimum Gasteiger partial charge on any atom is -0.507 e. The number of carbonyl (C=O) groups excluding carboxylic acids is 2. The molecule has 3 aromatic rings. The van der Waals surface area contributed by atoms with Crippen molar-refractivity contribution in [2.75, 3.05) is 6.61 Å². The van der Waals surface area contributed by atoms with Crippen molar-refractivity contribution in [1.29, 1.82) is 0 Å². The van der Waals surface area contributed by atoms with Crippen LogP contribution in [-0.2, 0) is 22.6 Å². The molecule has 1 saturated heterocycles. The SMILES string of the molecule is CC(C)CCOc1cccc([C@@H]2C(=C(O)c3ccc4c(c3)C[C@H](C)O4)C(=O)C(=O)N2Cc2ccccc2)c1. The number of rotatable bonds is 8. The fourth-order valence-electron chi connectivity index (χ4n) is 5.08. The average Bonchev–Trinajstić information content (AvgIpc) is 3.40. The van der Waals surface area contributed by atoms with Gasteiger partial charge in [-0.05, 0) is 66.3 Å². The van der Waals surface area contributed by atoms with Crippen LogP contribution >= 0.6 is 0 Å². The van der Waals surface area contributed by atoms with Crippen molar-refractivity contribution in [2.24, 2.45) is 5.92 Å². The van der Waals surface area contributed by atoms with Crippen LogP contribution in [0.3, 0.4) is 0 Å². The topological polar surface area (TPSA) is 76.1 Å². The molecule has 2 aliphatic rings. The van der Waals surface area contributed by atoms with Crippen LogP contribution in [0.4, 0.5) is 0 Å². The molecule has 1 fully saturated rings. The molecule has 0 saturated carbocycles. The van der Waals surface area contributed by atoms with E-state index in [-0.39, 0.29) is 24.0 Å². The summed E-state index contributed by atoms with van der Waals surface area (Å²) >= 11 is 0.